The van der Waals surface area contributed by atoms with Crippen molar-refractivity contribution in [1.29, 1.82) is 0 Å². The normalized spacial score (nSPS) is 19.9. The van der Waals surface area contributed by atoms with Crippen LogP contribution < -0.4 is 11.1 Å². The lowest BCUT2D eigenvalue weighted by atomic mass is 10.1. The second-order valence-electron chi connectivity index (χ2n) is 5.25. The molecule has 1 aliphatic rings. The number of para-hydroxylation sites is 2. The van der Waals surface area contributed by atoms with Gasteiger partial charge < -0.3 is 15.6 Å². The summed E-state index contributed by atoms with van der Waals surface area (Å²) in [7, 11) is 0. The van der Waals surface area contributed by atoms with E-state index in [9.17, 15) is 4.79 Å². The molecule has 0 saturated heterocycles. The Morgan fingerprint density at radius 3 is 2.68 bits per heavy atom. The first-order valence-electron chi connectivity index (χ1n) is 6.88. The molecule has 0 spiro atoms. The fourth-order valence-corrected chi connectivity index (χ4v) is 2.70. The molecule has 120 valence electrons. The van der Waals surface area contributed by atoms with E-state index in [1.807, 2.05) is 35.0 Å². The number of halogens is 2. The summed E-state index contributed by atoms with van der Waals surface area (Å²) in [5.41, 5.74) is 7.59. The number of nitrogens with two attached hydrogens (primary N) is 1. The first kappa shape index (κ1) is 18.5. The number of carbonyl (C=O) groups excluding carboxylic acids is 1. The highest BCUT2D eigenvalue weighted by Gasteiger charge is 2.28. The molecule has 5 nitrogen and oxygen atoms in total. The molecule has 0 aliphatic heterocycles. The summed E-state index contributed by atoms with van der Waals surface area (Å²) < 4.78 is 1.88. The van der Waals surface area contributed by atoms with Crippen LogP contribution >= 0.6 is 24.8 Å². The number of amides is 1. The van der Waals surface area contributed by atoms with Crippen molar-refractivity contribution in [2.24, 2.45) is 11.7 Å². The van der Waals surface area contributed by atoms with Gasteiger partial charge in [-0.25, -0.2) is 4.98 Å². The van der Waals surface area contributed by atoms with Crippen molar-refractivity contribution in [3.05, 3.63) is 43.0 Å². The van der Waals surface area contributed by atoms with E-state index in [0.717, 1.165) is 30.6 Å². The van der Waals surface area contributed by atoms with E-state index in [1.54, 1.807) is 12.5 Å². The summed E-state index contributed by atoms with van der Waals surface area (Å²) in [4.78, 5) is 16.3. The third kappa shape index (κ3) is 4.00. The average molecular weight is 343 g/mol. The molecule has 1 amide bonds. The highest BCUT2D eigenvalue weighted by Crippen LogP contribution is 2.27. The minimum atomic E-state index is 0. The van der Waals surface area contributed by atoms with Gasteiger partial charge in [0.2, 0.25) is 5.91 Å². The van der Waals surface area contributed by atoms with Crippen LogP contribution in [0, 0.1) is 5.92 Å². The van der Waals surface area contributed by atoms with Gasteiger partial charge in [0.15, 0.2) is 0 Å². The SMILES string of the molecule is Cl.Cl.NC1CCC(C(=O)Nc2ccccc2-n2ccnc2)C1. The Labute approximate surface area is 142 Å². The van der Waals surface area contributed by atoms with E-state index in [1.165, 1.54) is 0 Å². The van der Waals surface area contributed by atoms with Gasteiger partial charge >= 0.3 is 0 Å². The van der Waals surface area contributed by atoms with Crippen LogP contribution in [-0.4, -0.2) is 21.5 Å². The van der Waals surface area contributed by atoms with Gasteiger partial charge in [0.25, 0.3) is 0 Å². The smallest absolute Gasteiger partial charge is 0.227 e. The Kier molecular flexibility index (Phi) is 6.87. The van der Waals surface area contributed by atoms with Crippen LogP contribution in [0.25, 0.3) is 5.69 Å². The van der Waals surface area contributed by atoms with Crippen LogP contribution in [0.1, 0.15) is 19.3 Å². The van der Waals surface area contributed by atoms with Crippen LogP contribution in [0.3, 0.4) is 0 Å². The molecular formula is C15H20Cl2N4O. The number of hydrogen-bond acceptors (Lipinski definition) is 3. The molecule has 1 saturated carbocycles. The number of benzene rings is 1. The van der Waals surface area contributed by atoms with E-state index in [4.69, 9.17) is 5.73 Å². The second-order valence-corrected chi connectivity index (χ2v) is 5.25. The number of imidazole rings is 1. The topological polar surface area (TPSA) is 72.9 Å². The van der Waals surface area contributed by atoms with Gasteiger partial charge in [0.05, 0.1) is 17.7 Å². The Hall–Kier alpha value is -1.56. The number of nitrogens with one attached hydrogen (secondary N) is 1. The summed E-state index contributed by atoms with van der Waals surface area (Å²) >= 11 is 0. The van der Waals surface area contributed by atoms with Crippen LogP contribution in [0.4, 0.5) is 5.69 Å². The highest BCUT2D eigenvalue weighted by molar-refractivity contribution is 5.94. The molecule has 3 N–H and O–H groups in total. The summed E-state index contributed by atoms with van der Waals surface area (Å²) in [6, 6.07) is 7.88. The van der Waals surface area contributed by atoms with Crippen LogP contribution in [0.5, 0.6) is 0 Å². The van der Waals surface area contributed by atoms with Gasteiger partial charge in [0.1, 0.15) is 0 Å². The van der Waals surface area contributed by atoms with E-state index in [2.05, 4.69) is 10.3 Å². The van der Waals surface area contributed by atoms with E-state index in [0.29, 0.717) is 0 Å². The Morgan fingerprint density at radius 2 is 2.05 bits per heavy atom. The quantitative estimate of drug-likeness (QED) is 0.900. The molecule has 7 heteroatoms. The first-order valence-corrected chi connectivity index (χ1v) is 6.88. The van der Waals surface area contributed by atoms with E-state index >= 15 is 0 Å². The molecule has 2 aromatic rings. The fourth-order valence-electron chi connectivity index (χ4n) is 2.70. The number of nitrogens with zero attached hydrogens (tertiary/aromatic N) is 2. The van der Waals surface area contributed by atoms with Crippen molar-refractivity contribution in [3.8, 4) is 5.69 Å². The number of hydrogen-bond donors (Lipinski definition) is 2. The Balaban J connectivity index is 0.00000121. The van der Waals surface area contributed by atoms with Gasteiger partial charge in [0, 0.05) is 24.4 Å². The van der Waals surface area contributed by atoms with Gasteiger partial charge in [-0.15, -0.1) is 24.8 Å². The zero-order valence-electron chi connectivity index (χ0n) is 12.0. The summed E-state index contributed by atoms with van der Waals surface area (Å²) in [6.45, 7) is 0. The predicted octanol–water partition coefficient (Wildman–Crippen LogP) is 2.78. The van der Waals surface area contributed by atoms with Gasteiger partial charge in [-0.1, -0.05) is 12.1 Å². The van der Waals surface area contributed by atoms with E-state index < -0.39 is 0 Å². The molecule has 1 heterocycles. The second kappa shape index (κ2) is 8.17. The van der Waals surface area contributed by atoms with Crippen LogP contribution in [0.15, 0.2) is 43.0 Å². The van der Waals surface area contributed by atoms with Crippen molar-refractivity contribution in [2.75, 3.05) is 5.32 Å². The molecule has 1 aromatic carbocycles. The lowest BCUT2D eigenvalue weighted by molar-refractivity contribution is -0.119. The molecular weight excluding hydrogens is 323 g/mol. The van der Waals surface area contributed by atoms with Gasteiger partial charge in [-0.05, 0) is 31.4 Å². The number of anilines is 1. The fraction of sp³-hybridized carbons (Fsp3) is 0.333. The molecule has 0 bridgehead atoms. The maximum absolute atomic E-state index is 12.3. The van der Waals surface area contributed by atoms with Crippen molar-refractivity contribution < 1.29 is 4.79 Å². The van der Waals surface area contributed by atoms with Crippen LogP contribution in [0.2, 0.25) is 0 Å². The van der Waals surface area contributed by atoms with Crippen LogP contribution in [-0.2, 0) is 4.79 Å². The zero-order valence-corrected chi connectivity index (χ0v) is 13.6. The van der Waals surface area contributed by atoms with Crippen molar-refractivity contribution >= 4 is 36.4 Å². The minimum absolute atomic E-state index is 0. The molecule has 3 rings (SSSR count). The molecule has 22 heavy (non-hydrogen) atoms. The van der Waals surface area contributed by atoms with E-state index in [-0.39, 0.29) is 42.7 Å². The third-order valence-corrected chi connectivity index (χ3v) is 3.79. The number of carbonyl (C=O) groups is 1. The maximum Gasteiger partial charge on any atom is 0.227 e. The summed E-state index contributed by atoms with van der Waals surface area (Å²) in [5.74, 6) is 0.0892. The van der Waals surface area contributed by atoms with Crippen molar-refractivity contribution in [3.63, 3.8) is 0 Å². The van der Waals surface area contributed by atoms with Crippen molar-refractivity contribution in [1.82, 2.24) is 9.55 Å². The summed E-state index contributed by atoms with van der Waals surface area (Å²) in [6.07, 6.45) is 7.88. The number of rotatable bonds is 3. The van der Waals surface area contributed by atoms with Crippen molar-refractivity contribution in [2.45, 2.75) is 25.3 Å². The Morgan fingerprint density at radius 1 is 1.27 bits per heavy atom. The monoisotopic (exact) mass is 342 g/mol. The lowest BCUT2D eigenvalue weighted by Gasteiger charge is -2.14. The largest absolute Gasteiger partial charge is 0.328 e. The molecule has 2 atom stereocenters. The lowest BCUT2D eigenvalue weighted by Crippen LogP contribution is -2.23. The zero-order chi connectivity index (χ0) is 13.9. The third-order valence-electron chi connectivity index (χ3n) is 3.79. The summed E-state index contributed by atoms with van der Waals surface area (Å²) in [5, 5.41) is 3.02. The maximum atomic E-state index is 12.3. The molecule has 1 fully saturated rings. The molecule has 0 radical (unpaired) electrons. The highest BCUT2D eigenvalue weighted by atomic mass is 35.5. The standard InChI is InChI=1S/C15H18N4O.2ClH/c16-12-6-5-11(9-12)15(20)18-13-3-1-2-4-14(13)19-8-7-17-10-19;;/h1-4,7-8,10-12H,5-6,9,16H2,(H,18,20);2*1H. The minimum Gasteiger partial charge on any atom is -0.328 e. The average Bonchev–Trinajstić information content (AvgIpc) is 3.10. The molecule has 1 aliphatic carbocycles. The number of aromatic nitrogens is 2. The first-order chi connectivity index (χ1) is 9.74. The predicted molar refractivity (Wildman–Crippen MR) is 92.0 cm³/mol. The van der Waals surface area contributed by atoms with Gasteiger partial charge in [-0.2, -0.15) is 0 Å². The molecule has 1 aromatic heterocycles. The Bertz CT molecular complexity index is 603. The molecule has 2 unspecified atom stereocenters. The van der Waals surface area contributed by atoms with Gasteiger partial charge in [-0.3, -0.25) is 4.79 Å².